The van der Waals surface area contributed by atoms with Gasteiger partial charge in [0.05, 0.1) is 6.04 Å². The molecule has 20 heavy (non-hydrogen) atoms. The SMILES string of the molecule is CCNc1nc(Cl)nc(NC(C)c2ccccc2F)n1. The normalized spacial score (nSPS) is 12.0. The third-order valence-corrected chi connectivity index (χ3v) is 2.83. The van der Waals surface area contributed by atoms with Crippen molar-refractivity contribution in [1.29, 1.82) is 0 Å². The number of rotatable bonds is 5. The quantitative estimate of drug-likeness (QED) is 0.886. The van der Waals surface area contributed by atoms with Crippen molar-refractivity contribution >= 4 is 23.5 Å². The van der Waals surface area contributed by atoms with Gasteiger partial charge < -0.3 is 10.6 Å². The first-order valence-electron chi connectivity index (χ1n) is 6.26. The molecule has 2 N–H and O–H groups in total. The molecule has 1 atom stereocenters. The van der Waals surface area contributed by atoms with Crippen LogP contribution < -0.4 is 10.6 Å². The van der Waals surface area contributed by atoms with Crippen LogP contribution in [-0.2, 0) is 0 Å². The van der Waals surface area contributed by atoms with Crippen LogP contribution in [-0.4, -0.2) is 21.5 Å². The van der Waals surface area contributed by atoms with Gasteiger partial charge in [-0.05, 0) is 31.5 Å². The van der Waals surface area contributed by atoms with E-state index in [4.69, 9.17) is 11.6 Å². The molecule has 2 rings (SSSR count). The molecule has 0 aliphatic rings. The number of hydrogen-bond donors (Lipinski definition) is 2. The summed E-state index contributed by atoms with van der Waals surface area (Å²) in [5, 5.41) is 6.05. The molecule has 0 saturated heterocycles. The lowest BCUT2D eigenvalue weighted by molar-refractivity contribution is 0.599. The van der Waals surface area contributed by atoms with Gasteiger partial charge in [-0.2, -0.15) is 15.0 Å². The van der Waals surface area contributed by atoms with Crippen LogP contribution in [0.3, 0.4) is 0 Å². The lowest BCUT2D eigenvalue weighted by Crippen LogP contribution is -2.13. The van der Waals surface area contributed by atoms with E-state index in [0.29, 0.717) is 24.0 Å². The van der Waals surface area contributed by atoms with Crippen molar-refractivity contribution in [3.8, 4) is 0 Å². The van der Waals surface area contributed by atoms with Gasteiger partial charge in [-0.3, -0.25) is 0 Å². The molecule has 0 spiro atoms. The van der Waals surface area contributed by atoms with Crippen LogP contribution in [0.15, 0.2) is 24.3 Å². The fourth-order valence-electron chi connectivity index (χ4n) is 1.75. The monoisotopic (exact) mass is 295 g/mol. The van der Waals surface area contributed by atoms with Gasteiger partial charge in [-0.15, -0.1) is 0 Å². The number of halogens is 2. The zero-order valence-corrected chi connectivity index (χ0v) is 11.9. The molecule has 1 heterocycles. The predicted molar refractivity (Wildman–Crippen MR) is 77.4 cm³/mol. The summed E-state index contributed by atoms with van der Waals surface area (Å²) in [6, 6.07) is 6.26. The number of nitrogens with zero attached hydrogens (tertiary/aromatic N) is 3. The molecule has 2 aromatic rings. The van der Waals surface area contributed by atoms with E-state index in [2.05, 4.69) is 25.6 Å². The fraction of sp³-hybridized carbons (Fsp3) is 0.308. The van der Waals surface area contributed by atoms with Gasteiger partial charge in [0.1, 0.15) is 5.82 Å². The molecule has 0 aliphatic carbocycles. The van der Waals surface area contributed by atoms with Crippen LogP contribution in [0.25, 0.3) is 0 Å². The van der Waals surface area contributed by atoms with Gasteiger partial charge in [0.25, 0.3) is 0 Å². The molecule has 1 aromatic heterocycles. The highest BCUT2D eigenvalue weighted by Crippen LogP contribution is 2.20. The smallest absolute Gasteiger partial charge is 0.229 e. The largest absolute Gasteiger partial charge is 0.354 e. The highest BCUT2D eigenvalue weighted by Gasteiger charge is 2.12. The Morgan fingerprint density at radius 3 is 2.60 bits per heavy atom. The van der Waals surface area contributed by atoms with E-state index in [1.165, 1.54) is 6.07 Å². The Bertz CT molecular complexity index is 593. The molecule has 0 radical (unpaired) electrons. The number of benzene rings is 1. The minimum atomic E-state index is -0.288. The molecule has 0 bridgehead atoms. The van der Waals surface area contributed by atoms with E-state index in [1.807, 2.05) is 13.8 Å². The van der Waals surface area contributed by atoms with Crippen molar-refractivity contribution in [2.24, 2.45) is 0 Å². The van der Waals surface area contributed by atoms with Crippen molar-refractivity contribution in [1.82, 2.24) is 15.0 Å². The third kappa shape index (κ3) is 3.54. The Balaban J connectivity index is 2.19. The first kappa shape index (κ1) is 14.5. The van der Waals surface area contributed by atoms with E-state index in [-0.39, 0.29) is 17.1 Å². The molecule has 0 aliphatic heterocycles. The van der Waals surface area contributed by atoms with Crippen molar-refractivity contribution in [3.63, 3.8) is 0 Å². The maximum atomic E-state index is 13.7. The minimum Gasteiger partial charge on any atom is -0.354 e. The van der Waals surface area contributed by atoms with Crippen molar-refractivity contribution in [3.05, 3.63) is 40.9 Å². The van der Waals surface area contributed by atoms with Gasteiger partial charge in [-0.25, -0.2) is 4.39 Å². The third-order valence-electron chi connectivity index (χ3n) is 2.66. The van der Waals surface area contributed by atoms with E-state index in [9.17, 15) is 4.39 Å². The molecule has 1 aromatic carbocycles. The van der Waals surface area contributed by atoms with Crippen molar-refractivity contribution < 1.29 is 4.39 Å². The number of hydrogen-bond acceptors (Lipinski definition) is 5. The number of aromatic nitrogens is 3. The predicted octanol–water partition coefficient (Wildman–Crippen LogP) is 3.27. The molecule has 7 heteroatoms. The summed E-state index contributed by atoms with van der Waals surface area (Å²) in [6.07, 6.45) is 0. The topological polar surface area (TPSA) is 62.7 Å². The Labute approximate surface area is 121 Å². The Morgan fingerprint density at radius 2 is 1.90 bits per heavy atom. The van der Waals surface area contributed by atoms with Crippen LogP contribution in [0.1, 0.15) is 25.5 Å². The summed E-state index contributed by atoms with van der Waals surface area (Å²) in [7, 11) is 0. The second-order valence-corrected chi connectivity index (χ2v) is 4.51. The molecule has 0 saturated carbocycles. The van der Waals surface area contributed by atoms with E-state index in [1.54, 1.807) is 18.2 Å². The maximum Gasteiger partial charge on any atom is 0.229 e. The zero-order valence-electron chi connectivity index (χ0n) is 11.2. The number of anilines is 2. The van der Waals surface area contributed by atoms with Gasteiger partial charge in [0.2, 0.25) is 17.2 Å². The summed E-state index contributed by atoms with van der Waals surface area (Å²) in [4.78, 5) is 12.1. The van der Waals surface area contributed by atoms with Crippen LogP contribution in [0.5, 0.6) is 0 Å². The summed E-state index contributed by atoms with van der Waals surface area (Å²) in [5.41, 5.74) is 0.536. The summed E-state index contributed by atoms with van der Waals surface area (Å²) < 4.78 is 13.7. The van der Waals surface area contributed by atoms with E-state index < -0.39 is 0 Å². The van der Waals surface area contributed by atoms with Gasteiger partial charge in [0.15, 0.2) is 0 Å². The fourth-order valence-corrected chi connectivity index (χ4v) is 1.91. The molecular weight excluding hydrogens is 281 g/mol. The van der Waals surface area contributed by atoms with Gasteiger partial charge in [-0.1, -0.05) is 18.2 Å². The highest BCUT2D eigenvalue weighted by molar-refractivity contribution is 6.28. The average molecular weight is 296 g/mol. The summed E-state index contributed by atoms with van der Waals surface area (Å²) in [5.74, 6) is 0.409. The average Bonchev–Trinajstić information content (AvgIpc) is 2.38. The first-order valence-corrected chi connectivity index (χ1v) is 6.64. The summed E-state index contributed by atoms with van der Waals surface area (Å²) in [6.45, 7) is 4.42. The Morgan fingerprint density at radius 1 is 1.20 bits per heavy atom. The molecule has 0 fully saturated rings. The summed E-state index contributed by atoms with van der Waals surface area (Å²) >= 11 is 5.83. The van der Waals surface area contributed by atoms with Crippen LogP contribution in [0, 0.1) is 5.82 Å². The molecule has 106 valence electrons. The van der Waals surface area contributed by atoms with E-state index >= 15 is 0 Å². The highest BCUT2D eigenvalue weighted by atomic mass is 35.5. The van der Waals surface area contributed by atoms with Crippen LogP contribution in [0.2, 0.25) is 5.28 Å². The Kier molecular flexibility index (Phi) is 4.68. The number of nitrogens with one attached hydrogen (secondary N) is 2. The van der Waals surface area contributed by atoms with Crippen LogP contribution in [0.4, 0.5) is 16.3 Å². The van der Waals surface area contributed by atoms with Crippen LogP contribution >= 0.6 is 11.6 Å². The maximum absolute atomic E-state index is 13.7. The molecule has 0 amide bonds. The second-order valence-electron chi connectivity index (χ2n) is 4.17. The van der Waals surface area contributed by atoms with Crippen molar-refractivity contribution in [2.45, 2.75) is 19.9 Å². The van der Waals surface area contributed by atoms with Gasteiger partial charge >= 0.3 is 0 Å². The van der Waals surface area contributed by atoms with E-state index in [0.717, 1.165) is 0 Å². The second kappa shape index (κ2) is 6.47. The van der Waals surface area contributed by atoms with Crippen molar-refractivity contribution in [2.75, 3.05) is 17.2 Å². The van der Waals surface area contributed by atoms with Gasteiger partial charge in [0, 0.05) is 12.1 Å². The molecular formula is C13H15ClFN5. The molecule has 1 unspecified atom stereocenters. The lowest BCUT2D eigenvalue weighted by Gasteiger charge is -2.15. The first-order chi connectivity index (χ1) is 9.60. The lowest BCUT2D eigenvalue weighted by atomic mass is 10.1. The molecule has 5 nitrogen and oxygen atoms in total. The zero-order chi connectivity index (χ0) is 14.5. The Hall–Kier alpha value is -1.95. The minimum absolute atomic E-state index is 0.0826. The standard InChI is InChI=1S/C13H15ClFN5/c1-3-16-12-18-11(14)19-13(20-12)17-8(2)9-6-4-5-7-10(9)15/h4-8H,3H2,1-2H3,(H2,16,17,18,19,20).